The number of nitrogens with zero attached hydrogens (tertiary/aromatic N) is 2. The zero-order chi connectivity index (χ0) is 14.4. The predicted octanol–water partition coefficient (Wildman–Crippen LogP) is 3.77. The van der Waals surface area contributed by atoms with Gasteiger partial charge in [0.05, 0.1) is 11.1 Å². The second-order valence-corrected chi connectivity index (χ2v) is 6.23. The van der Waals surface area contributed by atoms with E-state index in [-0.39, 0.29) is 5.82 Å². The number of hydrogen-bond acceptors (Lipinski definition) is 3. The number of thioether (sulfide) groups is 1. The molecule has 6 heteroatoms. The number of rotatable bonds is 7. The van der Waals surface area contributed by atoms with Crippen LogP contribution in [0, 0.1) is 5.82 Å². The van der Waals surface area contributed by atoms with Gasteiger partial charge in [-0.2, -0.15) is 0 Å². The number of ether oxygens (including phenoxy) is 1. The van der Waals surface area contributed by atoms with Gasteiger partial charge in [0.2, 0.25) is 0 Å². The molecule has 2 aromatic rings. The van der Waals surface area contributed by atoms with Crippen molar-refractivity contribution in [1.29, 1.82) is 0 Å². The minimum absolute atomic E-state index is 0.232. The van der Waals surface area contributed by atoms with Crippen LogP contribution < -0.4 is 0 Å². The maximum absolute atomic E-state index is 13.1. The standard InChI is InChI=1S/C14H16BrFN2OS/c1-19-8-7-18-6-5-17-14(18)4-9-20-11-2-3-13(16)12(15)10-11/h2-3,5-6,10H,4,7-9H2,1H3. The maximum atomic E-state index is 13.1. The first-order chi connectivity index (χ1) is 9.70. The summed E-state index contributed by atoms with van der Waals surface area (Å²) in [6.45, 7) is 1.50. The fourth-order valence-electron chi connectivity index (χ4n) is 1.79. The van der Waals surface area contributed by atoms with E-state index in [1.807, 2.05) is 12.4 Å². The molecule has 0 saturated heterocycles. The number of hydrogen-bond donors (Lipinski definition) is 0. The van der Waals surface area contributed by atoms with Gasteiger partial charge in [0.15, 0.2) is 0 Å². The smallest absolute Gasteiger partial charge is 0.137 e. The Bertz CT molecular complexity index is 562. The average molecular weight is 359 g/mol. The number of aromatic nitrogens is 2. The van der Waals surface area contributed by atoms with Gasteiger partial charge in [0.25, 0.3) is 0 Å². The molecule has 0 aliphatic carbocycles. The van der Waals surface area contributed by atoms with Crippen LogP contribution in [-0.4, -0.2) is 29.0 Å². The van der Waals surface area contributed by atoms with Crippen LogP contribution in [-0.2, 0) is 17.7 Å². The van der Waals surface area contributed by atoms with Crippen molar-refractivity contribution in [2.45, 2.75) is 17.9 Å². The minimum Gasteiger partial charge on any atom is -0.383 e. The summed E-state index contributed by atoms with van der Waals surface area (Å²) < 4.78 is 20.8. The van der Waals surface area contributed by atoms with Crippen molar-refractivity contribution in [2.24, 2.45) is 0 Å². The highest BCUT2D eigenvalue weighted by atomic mass is 79.9. The normalized spacial score (nSPS) is 10.9. The molecular weight excluding hydrogens is 343 g/mol. The van der Waals surface area contributed by atoms with Crippen LogP contribution in [0.15, 0.2) is 40.0 Å². The van der Waals surface area contributed by atoms with E-state index in [9.17, 15) is 4.39 Å². The van der Waals surface area contributed by atoms with E-state index < -0.39 is 0 Å². The summed E-state index contributed by atoms with van der Waals surface area (Å²) in [5, 5.41) is 0. The molecule has 1 heterocycles. The van der Waals surface area contributed by atoms with Crippen molar-refractivity contribution in [3.05, 3.63) is 46.7 Å². The second-order valence-electron chi connectivity index (χ2n) is 4.20. The molecule has 0 atom stereocenters. The molecule has 0 bridgehead atoms. The lowest BCUT2D eigenvalue weighted by molar-refractivity contribution is 0.186. The molecule has 2 rings (SSSR count). The maximum Gasteiger partial charge on any atom is 0.137 e. The Morgan fingerprint density at radius 1 is 1.45 bits per heavy atom. The van der Waals surface area contributed by atoms with Crippen LogP contribution in [0.25, 0.3) is 0 Å². The Labute approximate surface area is 130 Å². The SMILES string of the molecule is COCCn1ccnc1CCSc1ccc(F)c(Br)c1. The minimum atomic E-state index is -0.232. The molecule has 20 heavy (non-hydrogen) atoms. The van der Waals surface area contributed by atoms with Crippen molar-refractivity contribution in [3.8, 4) is 0 Å². The van der Waals surface area contributed by atoms with Crippen molar-refractivity contribution < 1.29 is 9.13 Å². The first kappa shape index (κ1) is 15.5. The van der Waals surface area contributed by atoms with Gasteiger partial charge in [-0.1, -0.05) is 0 Å². The Morgan fingerprint density at radius 3 is 3.05 bits per heavy atom. The Hall–Kier alpha value is -0.850. The van der Waals surface area contributed by atoms with Crippen LogP contribution >= 0.6 is 27.7 Å². The lowest BCUT2D eigenvalue weighted by Gasteiger charge is -2.07. The zero-order valence-electron chi connectivity index (χ0n) is 11.2. The first-order valence-corrected chi connectivity index (χ1v) is 8.05. The van der Waals surface area contributed by atoms with E-state index in [1.165, 1.54) is 6.07 Å². The van der Waals surface area contributed by atoms with Crippen LogP contribution in [0.1, 0.15) is 5.82 Å². The molecule has 0 fully saturated rings. The lowest BCUT2D eigenvalue weighted by Crippen LogP contribution is -2.08. The summed E-state index contributed by atoms with van der Waals surface area (Å²) in [5.74, 6) is 1.72. The van der Waals surface area contributed by atoms with Gasteiger partial charge in [0.1, 0.15) is 11.6 Å². The molecule has 0 N–H and O–H groups in total. The summed E-state index contributed by atoms with van der Waals surface area (Å²) in [7, 11) is 1.69. The Kier molecular flexibility index (Phi) is 6.06. The predicted molar refractivity (Wildman–Crippen MR) is 82.6 cm³/mol. The van der Waals surface area contributed by atoms with Gasteiger partial charge in [-0.05, 0) is 34.1 Å². The van der Waals surface area contributed by atoms with Crippen LogP contribution in [0.5, 0.6) is 0 Å². The third-order valence-electron chi connectivity index (χ3n) is 2.82. The zero-order valence-corrected chi connectivity index (χ0v) is 13.6. The summed E-state index contributed by atoms with van der Waals surface area (Å²) in [6, 6.07) is 5.07. The van der Waals surface area contributed by atoms with Gasteiger partial charge in [0, 0.05) is 43.1 Å². The highest BCUT2D eigenvalue weighted by Gasteiger charge is 2.04. The first-order valence-electron chi connectivity index (χ1n) is 6.27. The van der Waals surface area contributed by atoms with Gasteiger partial charge in [-0.3, -0.25) is 0 Å². The van der Waals surface area contributed by atoms with Crippen LogP contribution in [0.3, 0.4) is 0 Å². The second kappa shape index (κ2) is 7.81. The van der Waals surface area contributed by atoms with E-state index >= 15 is 0 Å². The molecule has 108 valence electrons. The largest absolute Gasteiger partial charge is 0.383 e. The van der Waals surface area contributed by atoms with E-state index in [0.717, 1.165) is 29.4 Å². The molecule has 0 spiro atoms. The molecule has 0 aliphatic heterocycles. The van der Waals surface area contributed by atoms with Crippen molar-refractivity contribution in [2.75, 3.05) is 19.5 Å². The Morgan fingerprint density at radius 2 is 2.30 bits per heavy atom. The third-order valence-corrected chi connectivity index (χ3v) is 4.43. The van der Waals surface area contributed by atoms with Crippen molar-refractivity contribution in [3.63, 3.8) is 0 Å². The summed E-state index contributed by atoms with van der Waals surface area (Å²) in [4.78, 5) is 5.41. The number of imidazole rings is 1. The number of benzene rings is 1. The van der Waals surface area contributed by atoms with E-state index in [4.69, 9.17) is 4.74 Å². The van der Waals surface area contributed by atoms with Crippen molar-refractivity contribution in [1.82, 2.24) is 9.55 Å². The quantitative estimate of drug-likeness (QED) is 0.705. The summed E-state index contributed by atoms with van der Waals surface area (Å²) in [6.07, 6.45) is 4.65. The molecule has 3 nitrogen and oxygen atoms in total. The molecule has 0 aliphatic rings. The number of aryl methyl sites for hydroxylation is 1. The van der Waals surface area contributed by atoms with Crippen LogP contribution in [0.4, 0.5) is 4.39 Å². The number of halogens is 2. The molecule has 0 unspecified atom stereocenters. The summed E-state index contributed by atoms with van der Waals surface area (Å²) in [5.41, 5.74) is 0. The highest BCUT2D eigenvalue weighted by Crippen LogP contribution is 2.24. The van der Waals surface area contributed by atoms with Gasteiger partial charge < -0.3 is 9.30 Å². The van der Waals surface area contributed by atoms with Crippen LogP contribution in [0.2, 0.25) is 0 Å². The fraction of sp³-hybridized carbons (Fsp3) is 0.357. The van der Waals surface area contributed by atoms with Gasteiger partial charge >= 0.3 is 0 Å². The van der Waals surface area contributed by atoms with Crippen molar-refractivity contribution >= 4 is 27.7 Å². The molecular formula is C14H16BrFN2OS. The fourth-order valence-corrected chi connectivity index (χ4v) is 3.20. The molecule has 1 aromatic heterocycles. The molecule has 0 radical (unpaired) electrons. The molecule has 1 aromatic carbocycles. The average Bonchev–Trinajstić information content (AvgIpc) is 2.88. The van der Waals surface area contributed by atoms with E-state index in [2.05, 4.69) is 25.5 Å². The molecule has 0 amide bonds. The van der Waals surface area contributed by atoms with E-state index in [0.29, 0.717) is 11.1 Å². The number of methoxy groups -OCH3 is 1. The lowest BCUT2D eigenvalue weighted by atomic mass is 10.3. The topological polar surface area (TPSA) is 27.1 Å². The summed E-state index contributed by atoms with van der Waals surface area (Å²) >= 11 is 4.89. The van der Waals surface area contributed by atoms with E-state index in [1.54, 1.807) is 31.0 Å². The molecule has 0 saturated carbocycles. The van der Waals surface area contributed by atoms with Gasteiger partial charge in [-0.25, -0.2) is 9.37 Å². The monoisotopic (exact) mass is 358 g/mol. The van der Waals surface area contributed by atoms with Gasteiger partial charge in [-0.15, -0.1) is 11.8 Å². The highest BCUT2D eigenvalue weighted by molar-refractivity contribution is 9.10. The third kappa shape index (κ3) is 4.33. The Balaban J connectivity index is 1.86.